The highest BCUT2D eigenvalue weighted by Gasteiger charge is 2.13. The molecule has 1 unspecified atom stereocenters. The monoisotopic (exact) mass is 359 g/mol. The van der Waals surface area contributed by atoms with Gasteiger partial charge in [-0.25, -0.2) is 4.39 Å². The quantitative estimate of drug-likeness (QED) is 0.680. The number of rotatable bonds is 6. The largest absolute Gasteiger partial charge is 0.396 e. The fourth-order valence-corrected chi connectivity index (χ4v) is 2.07. The second-order valence-electron chi connectivity index (χ2n) is 4.74. The predicted octanol–water partition coefficient (Wildman–Crippen LogP) is 2.21. The topological polar surface area (TPSA) is 84.2 Å². The van der Waals surface area contributed by atoms with Gasteiger partial charge in [-0.15, -0.1) is 0 Å². The molecule has 116 valence electrons. The maximum Gasteiger partial charge on any atom is 0.252 e. The van der Waals surface area contributed by atoms with Gasteiger partial charge in [-0.2, -0.15) is 0 Å². The third-order valence-corrected chi connectivity index (χ3v) is 3.64. The molecule has 0 aromatic heterocycles. The van der Waals surface area contributed by atoms with Gasteiger partial charge in [0.2, 0.25) is 5.91 Å². The van der Waals surface area contributed by atoms with Gasteiger partial charge in [0.25, 0.3) is 5.91 Å². The van der Waals surface area contributed by atoms with Crippen molar-refractivity contribution in [3.05, 3.63) is 28.0 Å². The van der Waals surface area contributed by atoms with Gasteiger partial charge in [0.1, 0.15) is 5.82 Å². The lowest BCUT2D eigenvalue weighted by molar-refractivity contribution is -0.121. The summed E-state index contributed by atoms with van der Waals surface area (Å²) in [5.74, 6) is -1.13. The lowest BCUT2D eigenvalue weighted by Gasteiger charge is -2.12. The molecule has 5 nitrogen and oxygen atoms in total. The van der Waals surface area contributed by atoms with Crippen LogP contribution in [0.3, 0.4) is 0 Å². The molecule has 1 aromatic carbocycles. The molecule has 1 rings (SSSR count). The van der Waals surface area contributed by atoms with Crippen LogP contribution in [0.2, 0.25) is 0 Å². The van der Waals surface area contributed by atoms with E-state index in [1.165, 1.54) is 6.07 Å². The van der Waals surface area contributed by atoms with Crippen LogP contribution < -0.4 is 16.4 Å². The number of benzene rings is 1. The Kier molecular flexibility index (Phi) is 6.61. The lowest BCUT2D eigenvalue weighted by atomic mass is 10.2. The molecule has 0 fully saturated rings. The van der Waals surface area contributed by atoms with Crippen LogP contribution in [0.15, 0.2) is 16.6 Å². The Morgan fingerprint density at radius 1 is 1.43 bits per heavy atom. The van der Waals surface area contributed by atoms with Crippen LogP contribution in [0, 0.1) is 5.82 Å². The highest BCUT2D eigenvalue weighted by Crippen LogP contribution is 2.22. The third-order valence-electron chi connectivity index (χ3n) is 2.99. The fourth-order valence-electron chi connectivity index (χ4n) is 1.57. The first kappa shape index (κ1) is 17.4. The third kappa shape index (κ3) is 5.34. The first-order valence-corrected chi connectivity index (χ1v) is 7.46. The van der Waals surface area contributed by atoms with Crippen LogP contribution in [0.4, 0.5) is 10.1 Å². The van der Waals surface area contributed by atoms with E-state index in [4.69, 9.17) is 5.73 Å². The Morgan fingerprint density at radius 2 is 2.10 bits per heavy atom. The average Bonchev–Trinajstić information content (AvgIpc) is 2.42. The molecule has 0 saturated carbocycles. The molecule has 0 heterocycles. The number of anilines is 1. The summed E-state index contributed by atoms with van der Waals surface area (Å²) >= 11 is 3.11. The van der Waals surface area contributed by atoms with Crippen molar-refractivity contribution in [1.82, 2.24) is 10.6 Å². The Labute approximate surface area is 131 Å². The molecule has 0 saturated heterocycles. The number of hydrogen-bond donors (Lipinski definition) is 3. The highest BCUT2D eigenvalue weighted by molar-refractivity contribution is 9.10. The van der Waals surface area contributed by atoms with Crippen molar-refractivity contribution in [3.63, 3.8) is 0 Å². The summed E-state index contributed by atoms with van der Waals surface area (Å²) in [6.45, 7) is 4.09. The van der Waals surface area contributed by atoms with Crippen LogP contribution in [0.5, 0.6) is 0 Å². The van der Waals surface area contributed by atoms with Gasteiger partial charge in [-0.1, -0.05) is 6.92 Å². The molecule has 1 atom stereocenters. The summed E-state index contributed by atoms with van der Waals surface area (Å²) in [5.41, 5.74) is 5.57. The van der Waals surface area contributed by atoms with Gasteiger partial charge in [-0.05, 0) is 41.4 Å². The Balaban J connectivity index is 2.51. The van der Waals surface area contributed by atoms with E-state index in [0.717, 1.165) is 12.5 Å². The molecule has 7 heteroatoms. The average molecular weight is 360 g/mol. The molecule has 0 bridgehead atoms. The zero-order chi connectivity index (χ0) is 16.0. The van der Waals surface area contributed by atoms with E-state index in [1.807, 2.05) is 13.8 Å². The van der Waals surface area contributed by atoms with Gasteiger partial charge in [-0.3, -0.25) is 9.59 Å². The van der Waals surface area contributed by atoms with Gasteiger partial charge in [0.15, 0.2) is 0 Å². The molecule has 0 aliphatic carbocycles. The van der Waals surface area contributed by atoms with Crippen molar-refractivity contribution in [1.29, 1.82) is 0 Å². The summed E-state index contributed by atoms with van der Waals surface area (Å²) < 4.78 is 13.5. The maximum absolute atomic E-state index is 13.2. The second-order valence-corrected chi connectivity index (χ2v) is 5.59. The predicted molar refractivity (Wildman–Crippen MR) is 83.4 cm³/mol. The number of halogens is 2. The molecular weight excluding hydrogens is 341 g/mol. The van der Waals surface area contributed by atoms with Crippen LogP contribution in [-0.4, -0.2) is 24.4 Å². The molecule has 1 aromatic rings. The Hall–Kier alpha value is -1.63. The van der Waals surface area contributed by atoms with E-state index in [2.05, 4.69) is 26.6 Å². The molecule has 2 amide bonds. The van der Waals surface area contributed by atoms with Gasteiger partial charge in [0, 0.05) is 23.5 Å². The molecule has 21 heavy (non-hydrogen) atoms. The zero-order valence-corrected chi connectivity index (χ0v) is 13.6. The summed E-state index contributed by atoms with van der Waals surface area (Å²) in [6, 6.07) is 2.51. The minimum absolute atomic E-state index is 0.0992. The normalized spacial score (nSPS) is 11.8. The van der Waals surface area contributed by atoms with E-state index in [0.29, 0.717) is 4.47 Å². The summed E-state index contributed by atoms with van der Waals surface area (Å²) in [4.78, 5) is 23.5. The molecule has 0 radical (unpaired) electrons. The Morgan fingerprint density at radius 3 is 2.71 bits per heavy atom. The number of nitrogen functional groups attached to an aromatic ring is 1. The smallest absolute Gasteiger partial charge is 0.252 e. The first-order chi connectivity index (χ1) is 9.85. The lowest BCUT2D eigenvalue weighted by Crippen LogP contribution is -2.35. The molecule has 4 N–H and O–H groups in total. The van der Waals surface area contributed by atoms with E-state index >= 15 is 0 Å². The van der Waals surface area contributed by atoms with Crippen LogP contribution >= 0.6 is 15.9 Å². The first-order valence-electron chi connectivity index (χ1n) is 6.67. The summed E-state index contributed by atoms with van der Waals surface area (Å²) in [7, 11) is 0. The second kappa shape index (κ2) is 7.97. The van der Waals surface area contributed by atoms with Crippen LogP contribution in [0.1, 0.15) is 37.0 Å². The van der Waals surface area contributed by atoms with Crippen LogP contribution in [-0.2, 0) is 4.79 Å². The SMILES string of the molecule is CCC(C)NC(=O)CCNC(=O)c1cc(N)c(F)cc1Br. The fraction of sp³-hybridized carbons (Fsp3) is 0.429. The summed E-state index contributed by atoms with van der Waals surface area (Å²) in [5, 5.41) is 5.40. The van der Waals surface area contributed by atoms with Crippen molar-refractivity contribution < 1.29 is 14.0 Å². The number of nitrogens with one attached hydrogen (secondary N) is 2. The van der Waals surface area contributed by atoms with Crippen molar-refractivity contribution in [2.24, 2.45) is 0 Å². The maximum atomic E-state index is 13.2. The number of hydrogen-bond acceptors (Lipinski definition) is 3. The van der Waals surface area contributed by atoms with E-state index in [9.17, 15) is 14.0 Å². The van der Waals surface area contributed by atoms with Gasteiger partial charge >= 0.3 is 0 Å². The molecule has 0 aliphatic heterocycles. The van der Waals surface area contributed by atoms with Crippen molar-refractivity contribution in [3.8, 4) is 0 Å². The minimum Gasteiger partial charge on any atom is -0.396 e. The number of carbonyl (C=O) groups excluding carboxylic acids is 2. The summed E-state index contributed by atoms with van der Waals surface area (Å²) in [6.07, 6.45) is 1.03. The highest BCUT2D eigenvalue weighted by atomic mass is 79.9. The van der Waals surface area contributed by atoms with Crippen molar-refractivity contribution >= 4 is 33.4 Å². The molecule has 0 aliphatic rings. The standard InChI is InChI=1S/C14H19BrFN3O2/c1-3-8(2)19-13(20)4-5-18-14(21)9-6-12(17)11(16)7-10(9)15/h6-8H,3-5,17H2,1-2H3,(H,18,21)(H,19,20). The number of nitrogens with two attached hydrogens (primary N) is 1. The number of amides is 2. The Bertz CT molecular complexity index is 537. The number of carbonyl (C=O) groups is 2. The van der Waals surface area contributed by atoms with Crippen molar-refractivity contribution in [2.75, 3.05) is 12.3 Å². The van der Waals surface area contributed by atoms with Crippen LogP contribution in [0.25, 0.3) is 0 Å². The van der Waals surface area contributed by atoms with Gasteiger partial charge in [0.05, 0.1) is 11.3 Å². The van der Waals surface area contributed by atoms with E-state index in [1.54, 1.807) is 0 Å². The van der Waals surface area contributed by atoms with Gasteiger partial charge < -0.3 is 16.4 Å². The van der Waals surface area contributed by atoms with E-state index in [-0.39, 0.29) is 36.2 Å². The minimum atomic E-state index is -0.591. The van der Waals surface area contributed by atoms with E-state index < -0.39 is 11.7 Å². The zero-order valence-electron chi connectivity index (χ0n) is 12.0. The molecular formula is C14H19BrFN3O2. The molecule has 0 spiro atoms. The van der Waals surface area contributed by atoms with Crippen molar-refractivity contribution in [2.45, 2.75) is 32.7 Å².